The summed E-state index contributed by atoms with van der Waals surface area (Å²) in [6.07, 6.45) is 1.79. The second kappa shape index (κ2) is 14.8. The number of hydrogen-bond donors (Lipinski definition) is 1. The number of nitrogens with one attached hydrogen (secondary N) is 1. The molecule has 1 N–H and O–H groups in total. The molecule has 2 fully saturated rings. The Morgan fingerprint density at radius 3 is 2.30 bits per heavy atom. The maximum atomic E-state index is 14.1. The van der Waals surface area contributed by atoms with Gasteiger partial charge in [-0.25, -0.2) is 9.59 Å². The fraction of sp³-hybridized carbons (Fsp3) is 0.273. The van der Waals surface area contributed by atoms with Crippen molar-refractivity contribution >= 4 is 35.7 Å². The zero-order valence-corrected chi connectivity index (χ0v) is 28.9. The van der Waals surface area contributed by atoms with Gasteiger partial charge in [-0.2, -0.15) is 0 Å². The van der Waals surface area contributed by atoms with Gasteiger partial charge in [-0.3, -0.25) is 19.5 Å². The van der Waals surface area contributed by atoms with Gasteiger partial charge in [-0.15, -0.1) is 0 Å². The maximum Gasteiger partial charge on any atom is 1.00 e. The number of carbonyl (C=O) groups excluding carboxylic acids is 5. The number of alkyl carbamates (subject to hydrolysis) is 1. The molecule has 2 saturated heterocycles. The van der Waals surface area contributed by atoms with Crippen LogP contribution in [0.25, 0.3) is 0 Å². The molecule has 0 radical (unpaired) electrons. The van der Waals surface area contributed by atoms with Crippen LogP contribution in [-0.2, 0) is 30.5 Å². The number of carboxylic acid groups (broad SMARTS) is 1. The first-order chi connectivity index (χ1) is 22.3. The minimum Gasteiger partial charge on any atom is -0.543 e. The Morgan fingerprint density at radius 2 is 1.64 bits per heavy atom. The normalized spacial score (nSPS) is 19.9. The van der Waals surface area contributed by atoms with Crippen LogP contribution >= 0.6 is 0 Å². The maximum absolute atomic E-state index is 14.1. The number of aromatic nitrogens is 1. The van der Waals surface area contributed by atoms with Crippen LogP contribution in [0.4, 0.5) is 15.3 Å². The first kappa shape index (κ1) is 34.3. The molecule has 0 aliphatic carbocycles. The minimum absolute atomic E-state index is 0. The van der Waals surface area contributed by atoms with E-state index in [1.54, 1.807) is 54.6 Å². The second-order valence-corrected chi connectivity index (χ2v) is 11.1. The third-order valence-corrected chi connectivity index (χ3v) is 8.54. The van der Waals surface area contributed by atoms with Gasteiger partial charge in [0, 0.05) is 37.6 Å². The number of rotatable bonds is 9. The molecule has 236 valence electrons. The molecule has 1 unspecified atom stereocenters. The zero-order valence-electron chi connectivity index (χ0n) is 25.8. The van der Waals surface area contributed by atoms with Gasteiger partial charge in [-0.1, -0.05) is 60.7 Å². The van der Waals surface area contributed by atoms with Crippen LogP contribution in [0.15, 0.2) is 96.5 Å². The Hall–Kier alpha value is -4.08. The van der Waals surface area contributed by atoms with Crippen molar-refractivity contribution in [3.8, 4) is 0 Å². The number of carbonyl (C=O) groups is 5. The largest absolute Gasteiger partial charge is 1.00 e. The third-order valence-electron chi connectivity index (χ3n) is 8.54. The molecule has 6 rings (SSSR count). The van der Waals surface area contributed by atoms with Crippen LogP contribution in [0.5, 0.6) is 0 Å². The van der Waals surface area contributed by atoms with Crippen LogP contribution in [0.1, 0.15) is 23.6 Å². The zero-order chi connectivity index (χ0) is 32.4. The number of amides is 4. The molecule has 4 heterocycles. The monoisotopic (exact) mass is 663 g/mol. The van der Waals surface area contributed by atoms with E-state index in [-0.39, 0.29) is 82.4 Å². The molecular weight excluding hydrogens is 633 g/mol. The van der Waals surface area contributed by atoms with Crippen LogP contribution in [0, 0.1) is 5.92 Å². The van der Waals surface area contributed by atoms with Crippen molar-refractivity contribution in [2.45, 2.75) is 31.2 Å². The van der Waals surface area contributed by atoms with Crippen LogP contribution in [0.3, 0.4) is 0 Å². The summed E-state index contributed by atoms with van der Waals surface area (Å²) in [5.74, 6) is -3.17. The molecule has 3 aromatic rings. The van der Waals surface area contributed by atoms with E-state index in [9.17, 15) is 29.1 Å². The molecule has 3 aliphatic rings. The van der Waals surface area contributed by atoms with Gasteiger partial charge in [0.05, 0.1) is 17.7 Å². The number of benzene rings is 2. The molecule has 47 heavy (non-hydrogen) atoms. The Bertz CT molecular complexity index is 1690. The second-order valence-electron chi connectivity index (χ2n) is 11.1. The first-order valence-corrected chi connectivity index (χ1v) is 14.7. The summed E-state index contributed by atoms with van der Waals surface area (Å²) in [6, 6.07) is 18.1. The van der Waals surface area contributed by atoms with Crippen molar-refractivity contribution in [1.29, 1.82) is 0 Å². The number of anilines is 1. The number of hydrogen-bond acceptors (Lipinski definition) is 9. The smallest absolute Gasteiger partial charge is 0.543 e. The van der Waals surface area contributed by atoms with E-state index >= 15 is 0 Å². The molecule has 0 bridgehead atoms. The number of carboxylic acids is 1. The van der Waals surface area contributed by atoms with E-state index in [4.69, 9.17) is 9.47 Å². The van der Waals surface area contributed by atoms with Crippen LogP contribution in [-0.4, -0.2) is 77.0 Å². The molecule has 2 aromatic carbocycles. The summed E-state index contributed by atoms with van der Waals surface area (Å²) in [6.45, 7) is -0.275. The number of piperidine rings is 1. The number of aliphatic carboxylic acids is 1. The summed E-state index contributed by atoms with van der Waals surface area (Å²) >= 11 is 0. The average Bonchev–Trinajstić information content (AvgIpc) is 3.41. The third kappa shape index (κ3) is 6.83. The predicted molar refractivity (Wildman–Crippen MR) is 159 cm³/mol. The van der Waals surface area contributed by atoms with Crippen molar-refractivity contribution < 1.29 is 89.9 Å². The van der Waals surface area contributed by atoms with E-state index in [1.807, 2.05) is 18.2 Å². The Balaban J connectivity index is 0.00000433. The molecule has 1 aromatic heterocycles. The summed E-state index contributed by atoms with van der Waals surface area (Å²) in [5, 5.41) is 14.9. The van der Waals surface area contributed by atoms with Gasteiger partial charge in [-0.05, 0) is 35.3 Å². The number of ether oxygens (including phenoxy) is 2. The quantitative estimate of drug-likeness (QED) is 0.218. The molecule has 3 aliphatic heterocycles. The van der Waals surface area contributed by atoms with Gasteiger partial charge in [0.2, 0.25) is 0 Å². The van der Waals surface area contributed by atoms with Crippen molar-refractivity contribution in [2.75, 3.05) is 25.1 Å². The SMILES string of the molecule is CN(C(=O)OCC1=C(C(=O)[O-])N2C(=O)[C@@H]3[C@H]2C1CCN3C(=O)[C@H](NC(=O)OCc1ccccc1)c1ccccc1)c1ccncc1.[K+]. The fourth-order valence-corrected chi connectivity index (χ4v) is 6.31. The number of β-lactam (4-membered cyclic amide) rings is 1. The van der Waals surface area contributed by atoms with Gasteiger partial charge < -0.3 is 34.5 Å². The Morgan fingerprint density at radius 1 is 0.979 bits per heavy atom. The summed E-state index contributed by atoms with van der Waals surface area (Å²) in [4.78, 5) is 73.1. The van der Waals surface area contributed by atoms with Gasteiger partial charge in [0.25, 0.3) is 11.8 Å². The molecule has 4 amide bonds. The predicted octanol–water partition coefficient (Wildman–Crippen LogP) is -1.23. The van der Waals surface area contributed by atoms with E-state index in [1.165, 1.54) is 29.2 Å². The van der Waals surface area contributed by atoms with Gasteiger partial charge in [0.15, 0.2) is 0 Å². The van der Waals surface area contributed by atoms with E-state index in [0.717, 1.165) is 10.5 Å². The molecule has 0 saturated carbocycles. The van der Waals surface area contributed by atoms with Gasteiger partial charge >= 0.3 is 63.6 Å². The van der Waals surface area contributed by atoms with Crippen molar-refractivity contribution in [3.63, 3.8) is 0 Å². The summed E-state index contributed by atoms with van der Waals surface area (Å²) in [5.41, 5.74) is 1.70. The average molecular weight is 664 g/mol. The topological polar surface area (TPSA) is 162 Å². The molecule has 13 nitrogen and oxygen atoms in total. The van der Waals surface area contributed by atoms with Crippen LogP contribution < -0.4 is 66.7 Å². The van der Waals surface area contributed by atoms with Crippen LogP contribution in [0.2, 0.25) is 0 Å². The first-order valence-electron chi connectivity index (χ1n) is 14.7. The minimum atomic E-state index is -1.57. The molecule has 0 spiro atoms. The standard InChI is InChI=1S/C33H31N5O8.K/c1-36(22-12-15-34-16-13-22)33(44)46-19-24-23-14-17-37(28-26(23)38(30(28)40)27(24)31(41)42)29(39)25(21-10-6-3-7-11-21)35-32(43)45-18-20-8-4-2-5-9-20;/h2-13,15-16,23,25-26,28H,14,17-19H2,1H3,(H,35,43)(H,41,42);/q;+1/p-1/t23?,25-,26-,28+;/m1./s1. The van der Waals surface area contributed by atoms with Gasteiger partial charge in [0.1, 0.15) is 25.3 Å². The Kier molecular flexibility index (Phi) is 10.8. The van der Waals surface area contributed by atoms with Crippen molar-refractivity contribution in [2.24, 2.45) is 5.92 Å². The van der Waals surface area contributed by atoms with Crippen molar-refractivity contribution in [3.05, 3.63) is 108 Å². The van der Waals surface area contributed by atoms with E-state index < -0.39 is 54.0 Å². The molecule has 14 heteroatoms. The number of likely N-dealkylation sites (tertiary alicyclic amines) is 1. The number of pyridine rings is 1. The Labute approximate surface area is 312 Å². The van der Waals surface area contributed by atoms with E-state index in [2.05, 4.69) is 10.3 Å². The number of nitrogens with zero attached hydrogens (tertiary/aromatic N) is 4. The van der Waals surface area contributed by atoms with E-state index in [0.29, 0.717) is 17.7 Å². The summed E-state index contributed by atoms with van der Waals surface area (Å²) in [7, 11) is 1.51. The fourth-order valence-electron chi connectivity index (χ4n) is 6.31. The summed E-state index contributed by atoms with van der Waals surface area (Å²) < 4.78 is 10.8. The van der Waals surface area contributed by atoms with Crippen molar-refractivity contribution in [1.82, 2.24) is 20.1 Å². The molecular formula is C33H30KN5O8. The molecule has 4 atom stereocenters.